The summed E-state index contributed by atoms with van der Waals surface area (Å²) in [5.74, 6) is 0. The fraction of sp³-hybridized carbons (Fsp3) is 0.333. The van der Waals surface area contributed by atoms with Gasteiger partial charge in [0.25, 0.3) is 0 Å². The molecule has 0 aliphatic carbocycles. The summed E-state index contributed by atoms with van der Waals surface area (Å²) in [4.78, 5) is 22.3. The lowest BCUT2D eigenvalue weighted by molar-refractivity contribution is 0.177. The van der Waals surface area contributed by atoms with Crippen LogP contribution in [0, 0.1) is 20.8 Å². The molecule has 4 N–H and O–H groups in total. The van der Waals surface area contributed by atoms with Gasteiger partial charge >= 0.3 is 6.03 Å². The molecule has 7 nitrogen and oxygen atoms in total. The van der Waals surface area contributed by atoms with Crippen molar-refractivity contribution < 1.29 is 4.79 Å². The number of amides is 2. The van der Waals surface area contributed by atoms with Crippen LogP contribution < -0.4 is 21.3 Å². The topological polar surface area (TPSA) is 86.5 Å². The van der Waals surface area contributed by atoms with E-state index in [9.17, 15) is 4.79 Å². The van der Waals surface area contributed by atoms with Crippen LogP contribution in [0.3, 0.4) is 0 Å². The number of fused-ring (bicyclic) bond motifs is 2. The summed E-state index contributed by atoms with van der Waals surface area (Å²) < 4.78 is 0. The number of piperidine rings is 1. The van der Waals surface area contributed by atoms with E-state index in [2.05, 4.69) is 77.9 Å². The Hall–Kier alpha value is -4.10. The highest BCUT2D eigenvalue weighted by atomic mass is 16.2. The number of anilines is 4. The van der Waals surface area contributed by atoms with Crippen molar-refractivity contribution >= 4 is 39.7 Å². The molecule has 6 rings (SSSR count). The number of rotatable bonds is 5. The maximum absolute atomic E-state index is 13.1. The van der Waals surface area contributed by atoms with Crippen LogP contribution in [0.2, 0.25) is 0 Å². The number of hydrogen-bond donors (Lipinski definition) is 3. The number of nitrogens with zero attached hydrogens (tertiary/aromatic N) is 3. The van der Waals surface area contributed by atoms with E-state index in [1.54, 1.807) is 0 Å². The van der Waals surface area contributed by atoms with E-state index in [4.69, 9.17) is 10.7 Å². The lowest BCUT2D eigenvalue weighted by atomic mass is 10.0. The molecule has 0 unspecified atom stereocenters. The molecule has 0 atom stereocenters. The van der Waals surface area contributed by atoms with Gasteiger partial charge in [-0.15, -0.1) is 0 Å². The van der Waals surface area contributed by atoms with Gasteiger partial charge in [-0.05, 0) is 99.2 Å². The third kappa shape index (κ3) is 5.21. The molecule has 2 aliphatic rings. The van der Waals surface area contributed by atoms with Gasteiger partial charge in [-0.1, -0.05) is 23.8 Å². The summed E-state index contributed by atoms with van der Waals surface area (Å²) in [5.41, 5.74) is 16.9. The smallest absolute Gasteiger partial charge is 0.322 e. The van der Waals surface area contributed by atoms with Crippen molar-refractivity contribution in [3.63, 3.8) is 0 Å². The van der Waals surface area contributed by atoms with E-state index in [1.165, 1.54) is 22.4 Å². The first-order chi connectivity index (χ1) is 19.4. The molecule has 0 spiro atoms. The highest BCUT2D eigenvalue weighted by Crippen LogP contribution is 2.31. The standard InChI is InChI=1S/C33H38N6O/c1-21-16-22(2)32-29(17-21)31(18-23(3)35-32)36-26-5-7-27(8-6-26)38-13-11-28(12-14-38)39-15-10-25-19-24(20-34)4-9-30(25)37-33(39)40/h4-9,16-19,28H,10-15,20,34H2,1-3H3,(H,35,36)(H,37,40). The number of nitrogens with one attached hydrogen (secondary N) is 2. The molecule has 3 heterocycles. The fourth-order valence-corrected chi connectivity index (χ4v) is 6.24. The van der Waals surface area contributed by atoms with Crippen LogP contribution >= 0.6 is 0 Å². The molecular weight excluding hydrogens is 496 g/mol. The second kappa shape index (κ2) is 10.8. The zero-order chi connectivity index (χ0) is 27.8. The SMILES string of the molecule is Cc1cc(C)c2nc(C)cc(Nc3ccc(N4CCC(N5CCc6cc(CN)ccc6NC5=O)CC4)cc3)c2c1. The second-order valence-electron chi connectivity index (χ2n) is 11.2. The van der Waals surface area contributed by atoms with Gasteiger partial charge in [0.15, 0.2) is 0 Å². The van der Waals surface area contributed by atoms with Crippen molar-refractivity contribution in [3.8, 4) is 0 Å². The van der Waals surface area contributed by atoms with Gasteiger partial charge in [0.1, 0.15) is 0 Å². The Morgan fingerprint density at radius 3 is 2.50 bits per heavy atom. The molecule has 1 aromatic heterocycles. The van der Waals surface area contributed by atoms with Crippen LogP contribution in [0.4, 0.5) is 27.5 Å². The van der Waals surface area contributed by atoms with Gasteiger partial charge in [0, 0.05) is 66.1 Å². The Morgan fingerprint density at radius 2 is 1.75 bits per heavy atom. The molecule has 0 saturated carbocycles. The quantitative estimate of drug-likeness (QED) is 0.275. The predicted molar refractivity (Wildman–Crippen MR) is 165 cm³/mol. The monoisotopic (exact) mass is 534 g/mol. The summed E-state index contributed by atoms with van der Waals surface area (Å²) in [6.45, 7) is 9.41. The molecule has 40 heavy (non-hydrogen) atoms. The van der Waals surface area contributed by atoms with Gasteiger partial charge in [-0.2, -0.15) is 0 Å². The molecule has 2 aliphatic heterocycles. The van der Waals surface area contributed by atoms with Crippen LogP contribution in [-0.2, 0) is 13.0 Å². The number of aryl methyl sites for hydroxylation is 3. The molecule has 7 heteroatoms. The number of benzene rings is 3. The third-order valence-corrected chi connectivity index (χ3v) is 8.32. The summed E-state index contributed by atoms with van der Waals surface area (Å²) in [6, 6.07) is 21.6. The molecular formula is C33H38N6O. The van der Waals surface area contributed by atoms with Crippen molar-refractivity contribution in [2.24, 2.45) is 5.73 Å². The van der Waals surface area contributed by atoms with Crippen LogP contribution in [0.25, 0.3) is 10.9 Å². The Kier molecular flexibility index (Phi) is 7.07. The predicted octanol–water partition coefficient (Wildman–Crippen LogP) is 6.42. The molecule has 3 aromatic carbocycles. The Morgan fingerprint density at radius 1 is 0.975 bits per heavy atom. The van der Waals surface area contributed by atoms with Gasteiger partial charge in [-0.3, -0.25) is 4.98 Å². The van der Waals surface area contributed by atoms with Crippen molar-refractivity contribution in [3.05, 3.63) is 88.6 Å². The molecule has 1 saturated heterocycles. The van der Waals surface area contributed by atoms with Crippen molar-refractivity contribution in [2.45, 2.75) is 52.6 Å². The number of aromatic nitrogens is 1. The molecule has 0 bridgehead atoms. The molecule has 206 valence electrons. The minimum Gasteiger partial charge on any atom is -0.371 e. The van der Waals surface area contributed by atoms with Crippen molar-refractivity contribution in [2.75, 3.05) is 35.2 Å². The third-order valence-electron chi connectivity index (χ3n) is 8.32. The number of carbonyl (C=O) groups is 1. The summed E-state index contributed by atoms with van der Waals surface area (Å²) in [7, 11) is 0. The van der Waals surface area contributed by atoms with Gasteiger partial charge in [0.05, 0.1) is 5.52 Å². The highest BCUT2D eigenvalue weighted by molar-refractivity contribution is 5.95. The first-order valence-corrected chi connectivity index (χ1v) is 14.3. The molecule has 1 fully saturated rings. The number of pyridine rings is 1. The lowest BCUT2D eigenvalue weighted by Crippen LogP contribution is -2.48. The van der Waals surface area contributed by atoms with Crippen molar-refractivity contribution in [1.29, 1.82) is 0 Å². The lowest BCUT2D eigenvalue weighted by Gasteiger charge is -2.39. The van der Waals surface area contributed by atoms with E-state index in [-0.39, 0.29) is 12.1 Å². The van der Waals surface area contributed by atoms with E-state index in [1.807, 2.05) is 24.0 Å². The Balaban J connectivity index is 1.10. The Labute approximate surface area is 236 Å². The molecule has 4 aromatic rings. The first kappa shape index (κ1) is 26.1. The largest absolute Gasteiger partial charge is 0.371 e. The average molecular weight is 535 g/mol. The summed E-state index contributed by atoms with van der Waals surface area (Å²) in [6.07, 6.45) is 2.76. The van der Waals surface area contributed by atoms with Crippen LogP contribution in [0.15, 0.2) is 60.7 Å². The van der Waals surface area contributed by atoms with Crippen LogP contribution in [-0.4, -0.2) is 41.6 Å². The first-order valence-electron chi connectivity index (χ1n) is 14.3. The maximum atomic E-state index is 13.1. The van der Waals surface area contributed by atoms with E-state index in [0.717, 1.165) is 78.1 Å². The average Bonchev–Trinajstić information content (AvgIpc) is 3.11. The summed E-state index contributed by atoms with van der Waals surface area (Å²) in [5, 5.41) is 7.91. The van der Waals surface area contributed by atoms with Gasteiger partial charge < -0.3 is 26.2 Å². The van der Waals surface area contributed by atoms with Crippen molar-refractivity contribution in [1.82, 2.24) is 9.88 Å². The second-order valence-corrected chi connectivity index (χ2v) is 11.2. The number of hydrogen-bond acceptors (Lipinski definition) is 5. The summed E-state index contributed by atoms with van der Waals surface area (Å²) >= 11 is 0. The number of nitrogens with two attached hydrogens (primary N) is 1. The van der Waals surface area contributed by atoms with E-state index >= 15 is 0 Å². The van der Waals surface area contributed by atoms with Gasteiger partial charge in [-0.25, -0.2) is 4.79 Å². The van der Waals surface area contributed by atoms with Gasteiger partial charge in [0.2, 0.25) is 0 Å². The fourth-order valence-electron chi connectivity index (χ4n) is 6.24. The molecule has 2 amide bonds. The van der Waals surface area contributed by atoms with Crippen LogP contribution in [0.5, 0.6) is 0 Å². The zero-order valence-corrected chi connectivity index (χ0v) is 23.6. The maximum Gasteiger partial charge on any atom is 0.322 e. The molecule has 0 radical (unpaired) electrons. The number of carbonyl (C=O) groups excluding carboxylic acids is 1. The minimum absolute atomic E-state index is 0.0115. The highest BCUT2D eigenvalue weighted by Gasteiger charge is 2.30. The zero-order valence-electron chi connectivity index (χ0n) is 23.6. The Bertz CT molecular complexity index is 1560. The van der Waals surface area contributed by atoms with E-state index < -0.39 is 0 Å². The number of urea groups is 1. The van der Waals surface area contributed by atoms with Crippen LogP contribution in [0.1, 0.15) is 40.8 Å². The normalized spacial score (nSPS) is 16.1. The minimum atomic E-state index is 0.0115. The van der Waals surface area contributed by atoms with E-state index in [0.29, 0.717) is 6.54 Å².